The number of aryl methyl sites for hydroxylation is 1. The summed E-state index contributed by atoms with van der Waals surface area (Å²) in [4.78, 5) is 33.8. The topological polar surface area (TPSA) is 126 Å². The van der Waals surface area contributed by atoms with Gasteiger partial charge in [0.05, 0.1) is 17.0 Å². The Kier molecular flexibility index (Phi) is 3.40. The minimum absolute atomic E-state index is 0.104. The van der Waals surface area contributed by atoms with E-state index in [0.717, 1.165) is 27.4 Å². The maximum atomic E-state index is 11.3. The first-order chi connectivity index (χ1) is 9.34. The van der Waals surface area contributed by atoms with E-state index in [-0.39, 0.29) is 23.0 Å². The van der Waals surface area contributed by atoms with Gasteiger partial charge < -0.3 is 19.7 Å². The monoisotopic (exact) mass is 299 g/mol. The van der Waals surface area contributed by atoms with Crippen molar-refractivity contribution in [2.24, 2.45) is 7.05 Å². The first kappa shape index (κ1) is 13.9. The summed E-state index contributed by atoms with van der Waals surface area (Å²) in [7, 11) is 1.35. The zero-order chi connectivity index (χ0) is 15.0. The van der Waals surface area contributed by atoms with Crippen LogP contribution in [0.5, 0.6) is 0 Å². The molecule has 1 aliphatic rings. The van der Waals surface area contributed by atoms with Crippen LogP contribution in [0, 0.1) is 10.1 Å². The van der Waals surface area contributed by atoms with Crippen molar-refractivity contribution in [3.05, 3.63) is 33.1 Å². The van der Waals surface area contributed by atoms with Crippen LogP contribution >= 0.6 is 11.8 Å². The second-order valence-electron chi connectivity index (χ2n) is 3.92. The largest absolute Gasteiger partial charge is 0.477 e. The summed E-state index contributed by atoms with van der Waals surface area (Å²) in [6.45, 7) is 0. The molecule has 0 amide bonds. The first-order valence-electron chi connectivity index (χ1n) is 5.24. The number of carboxylic acid groups (broad SMARTS) is 2. The molecule has 0 bridgehead atoms. The quantitative estimate of drug-likeness (QED) is 0.624. The average molecular weight is 299 g/mol. The number of rotatable bonds is 4. The summed E-state index contributed by atoms with van der Waals surface area (Å²) in [6.07, 6.45) is 1.06. The molecular formula is C10H9N3O6S. The van der Waals surface area contributed by atoms with Crippen molar-refractivity contribution in [2.75, 3.05) is 10.8 Å². The molecule has 1 aromatic heterocycles. The van der Waals surface area contributed by atoms with Gasteiger partial charge in [-0.3, -0.25) is 10.1 Å². The third-order valence-corrected chi connectivity index (χ3v) is 3.51. The summed E-state index contributed by atoms with van der Waals surface area (Å²) in [5.41, 5.74) is -1.18. The fourth-order valence-corrected chi connectivity index (χ4v) is 2.80. The number of carboxylic acids is 2. The van der Waals surface area contributed by atoms with E-state index in [1.165, 1.54) is 12.5 Å². The molecule has 0 aliphatic carbocycles. The van der Waals surface area contributed by atoms with Gasteiger partial charge in [0, 0.05) is 12.5 Å². The smallest absolute Gasteiger partial charge is 0.354 e. The van der Waals surface area contributed by atoms with E-state index >= 15 is 0 Å². The van der Waals surface area contributed by atoms with Gasteiger partial charge in [-0.25, -0.2) is 9.59 Å². The number of carbonyl (C=O) groups is 2. The molecule has 0 fully saturated rings. The van der Waals surface area contributed by atoms with Gasteiger partial charge in [0.25, 0.3) is 0 Å². The van der Waals surface area contributed by atoms with Crippen LogP contribution in [-0.2, 0) is 11.8 Å². The highest BCUT2D eigenvalue weighted by Gasteiger charge is 2.36. The zero-order valence-electron chi connectivity index (χ0n) is 10.1. The molecule has 0 spiro atoms. The molecule has 106 valence electrons. The minimum Gasteiger partial charge on any atom is -0.477 e. The number of hydrogen-bond acceptors (Lipinski definition) is 6. The predicted molar refractivity (Wildman–Crippen MR) is 69.7 cm³/mol. The second-order valence-corrected chi connectivity index (χ2v) is 4.74. The van der Waals surface area contributed by atoms with E-state index in [9.17, 15) is 24.8 Å². The number of nitrogens with zero attached hydrogens (tertiary/aromatic N) is 3. The summed E-state index contributed by atoms with van der Waals surface area (Å²) in [5, 5.41) is 30.6. The van der Waals surface area contributed by atoms with E-state index in [4.69, 9.17) is 5.11 Å². The minimum atomic E-state index is -1.36. The van der Waals surface area contributed by atoms with E-state index < -0.39 is 22.5 Å². The Balaban J connectivity index is 2.66. The molecule has 0 aromatic carbocycles. The van der Waals surface area contributed by atoms with Crippen LogP contribution in [0.3, 0.4) is 0 Å². The van der Waals surface area contributed by atoms with Gasteiger partial charge in [0.2, 0.25) is 0 Å². The fraction of sp³-hybridized carbons (Fsp3) is 0.200. The van der Waals surface area contributed by atoms with Crippen LogP contribution in [-0.4, -0.2) is 37.5 Å². The van der Waals surface area contributed by atoms with Crippen LogP contribution < -0.4 is 4.90 Å². The normalized spacial score (nSPS) is 14.2. The van der Waals surface area contributed by atoms with E-state index in [1.807, 2.05) is 0 Å². The van der Waals surface area contributed by atoms with Crippen LogP contribution in [0.4, 0.5) is 11.4 Å². The van der Waals surface area contributed by atoms with Crippen molar-refractivity contribution in [1.29, 1.82) is 0 Å². The maximum Gasteiger partial charge on any atom is 0.354 e. The molecule has 10 heteroatoms. The molecule has 0 saturated heterocycles. The summed E-state index contributed by atoms with van der Waals surface area (Å²) in [6, 6.07) is 0. The third kappa shape index (κ3) is 2.09. The molecule has 2 rings (SSSR count). The van der Waals surface area contributed by atoms with E-state index in [0.29, 0.717) is 0 Å². The van der Waals surface area contributed by atoms with Crippen molar-refractivity contribution in [3.8, 4) is 0 Å². The SMILES string of the molecule is Cn1cc([N+](=O)[O-])c(N2CSC=C2C(=O)O)c1C(=O)O. The third-order valence-electron chi connectivity index (χ3n) is 2.71. The molecule has 9 nitrogen and oxygen atoms in total. The number of anilines is 1. The first-order valence-corrected chi connectivity index (χ1v) is 6.29. The highest BCUT2D eigenvalue weighted by atomic mass is 32.2. The van der Waals surface area contributed by atoms with Crippen molar-refractivity contribution in [1.82, 2.24) is 4.57 Å². The lowest BCUT2D eigenvalue weighted by Crippen LogP contribution is -2.25. The molecule has 0 atom stereocenters. The molecule has 1 aliphatic heterocycles. The number of nitro groups is 1. The van der Waals surface area contributed by atoms with E-state index in [2.05, 4.69) is 0 Å². The fourth-order valence-electron chi connectivity index (χ4n) is 1.92. The van der Waals surface area contributed by atoms with Gasteiger partial charge in [-0.2, -0.15) is 0 Å². The predicted octanol–water partition coefficient (Wildman–Crippen LogP) is 1.07. The number of hydrogen-bond donors (Lipinski definition) is 2. The van der Waals surface area contributed by atoms with Crippen LogP contribution in [0.1, 0.15) is 10.5 Å². The number of aliphatic carboxylic acids is 1. The number of aromatic carboxylic acids is 1. The summed E-state index contributed by atoms with van der Waals surface area (Å²) >= 11 is 1.12. The summed E-state index contributed by atoms with van der Waals surface area (Å²) < 4.78 is 1.10. The van der Waals surface area contributed by atoms with Crippen molar-refractivity contribution >= 4 is 35.1 Å². The van der Waals surface area contributed by atoms with Crippen LogP contribution in [0.15, 0.2) is 17.3 Å². The molecule has 20 heavy (non-hydrogen) atoms. The molecule has 2 N–H and O–H groups in total. The highest BCUT2D eigenvalue weighted by molar-refractivity contribution is 8.02. The number of thioether (sulfide) groups is 1. The Morgan fingerprint density at radius 3 is 2.55 bits per heavy atom. The van der Waals surface area contributed by atoms with Gasteiger partial charge in [-0.05, 0) is 0 Å². The lowest BCUT2D eigenvalue weighted by Gasteiger charge is -2.18. The van der Waals surface area contributed by atoms with Crippen LogP contribution in [0.25, 0.3) is 0 Å². The molecule has 0 saturated carbocycles. The Hall–Kier alpha value is -2.49. The van der Waals surface area contributed by atoms with Crippen molar-refractivity contribution in [2.45, 2.75) is 0 Å². The Morgan fingerprint density at radius 1 is 1.40 bits per heavy atom. The molecular weight excluding hydrogens is 290 g/mol. The van der Waals surface area contributed by atoms with Gasteiger partial charge in [-0.15, -0.1) is 11.8 Å². The summed E-state index contributed by atoms with van der Waals surface area (Å²) in [5.74, 6) is -2.53. The van der Waals surface area contributed by atoms with Crippen molar-refractivity contribution in [3.63, 3.8) is 0 Å². The maximum absolute atomic E-state index is 11.3. The second kappa shape index (κ2) is 4.89. The Labute approximate surface area is 116 Å². The van der Waals surface area contributed by atoms with Gasteiger partial charge in [0.1, 0.15) is 5.70 Å². The van der Waals surface area contributed by atoms with E-state index in [1.54, 1.807) is 0 Å². The Bertz CT molecular complexity index is 650. The lowest BCUT2D eigenvalue weighted by molar-refractivity contribution is -0.384. The number of aromatic nitrogens is 1. The lowest BCUT2D eigenvalue weighted by atomic mass is 10.2. The highest BCUT2D eigenvalue weighted by Crippen LogP contribution is 2.39. The van der Waals surface area contributed by atoms with Crippen LogP contribution in [0.2, 0.25) is 0 Å². The average Bonchev–Trinajstić information content (AvgIpc) is 2.91. The zero-order valence-corrected chi connectivity index (χ0v) is 11.0. The van der Waals surface area contributed by atoms with Gasteiger partial charge in [-0.1, -0.05) is 0 Å². The van der Waals surface area contributed by atoms with Gasteiger partial charge in [0.15, 0.2) is 11.4 Å². The molecule has 1 aromatic rings. The van der Waals surface area contributed by atoms with Crippen molar-refractivity contribution < 1.29 is 24.7 Å². The Morgan fingerprint density at radius 2 is 2.05 bits per heavy atom. The molecule has 0 unspecified atom stereocenters. The molecule has 0 radical (unpaired) electrons. The van der Waals surface area contributed by atoms with Gasteiger partial charge >= 0.3 is 17.6 Å². The standard InChI is InChI=1S/C10H9N3O6S/c1-11-2-5(13(18)19)7(8(11)10(16)17)12-4-20-3-6(12)9(14)15/h2-3H,4H2,1H3,(H,14,15)(H,16,17). The molecule has 2 heterocycles.